The van der Waals surface area contributed by atoms with E-state index >= 15 is 0 Å². The molecule has 2 aromatic rings. The molecule has 0 saturated heterocycles. The van der Waals surface area contributed by atoms with Crippen LogP contribution in [0.5, 0.6) is 0 Å². The summed E-state index contributed by atoms with van der Waals surface area (Å²) < 4.78 is 0. The van der Waals surface area contributed by atoms with Crippen LogP contribution in [0.1, 0.15) is 67.3 Å². The van der Waals surface area contributed by atoms with Crippen LogP contribution in [0.25, 0.3) is 0 Å². The van der Waals surface area contributed by atoms with Crippen molar-refractivity contribution in [3.05, 3.63) is 71.3 Å². The third kappa shape index (κ3) is 8.10. The second-order valence-corrected chi connectivity index (χ2v) is 4.89. The maximum atomic E-state index is 11.0. The second-order valence-electron chi connectivity index (χ2n) is 4.89. The highest BCUT2D eigenvalue weighted by Gasteiger charge is 2.08. The molecule has 0 saturated carbocycles. The molecule has 0 radical (unpaired) electrons. The standard InChI is InChI=1S/C10H10O2.C9H12.C2H6/c1-7(11)9-5-3-4-6-10(9)8(2)12;1-2-6-9-7-4-3-5-8-9;1-2/h3-6H,1-2H3;3-5,7-8H,2,6H2,1H3;1-2H3. The van der Waals surface area contributed by atoms with Crippen molar-refractivity contribution < 1.29 is 9.59 Å². The van der Waals surface area contributed by atoms with E-state index in [2.05, 4.69) is 37.3 Å². The summed E-state index contributed by atoms with van der Waals surface area (Å²) in [7, 11) is 0. The SMILES string of the molecule is CC.CC(=O)c1ccccc1C(C)=O.CCCc1ccccc1. The number of Topliss-reactive ketones (excluding diaryl/α,β-unsaturated/α-hetero) is 2. The number of hydrogen-bond acceptors (Lipinski definition) is 2. The van der Waals surface area contributed by atoms with E-state index in [1.54, 1.807) is 24.3 Å². The Hall–Kier alpha value is -2.22. The van der Waals surface area contributed by atoms with E-state index in [0.29, 0.717) is 11.1 Å². The molecule has 0 fully saturated rings. The average molecular weight is 312 g/mol. The zero-order valence-corrected chi connectivity index (χ0v) is 14.9. The van der Waals surface area contributed by atoms with Crippen LogP contribution in [-0.4, -0.2) is 11.6 Å². The van der Waals surface area contributed by atoms with E-state index in [-0.39, 0.29) is 11.6 Å². The van der Waals surface area contributed by atoms with Gasteiger partial charge in [-0.2, -0.15) is 0 Å². The van der Waals surface area contributed by atoms with Gasteiger partial charge >= 0.3 is 0 Å². The maximum Gasteiger partial charge on any atom is 0.160 e. The number of carbonyl (C=O) groups excluding carboxylic acids is 2. The molecule has 2 nitrogen and oxygen atoms in total. The predicted octanol–water partition coefficient (Wildman–Crippen LogP) is 5.76. The second kappa shape index (κ2) is 12.3. The first-order valence-electron chi connectivity index (χ1n) is 8.21. The predicted molar refractivity (Wildman–Crippen MR) is 98.2 cm³/mol. The van der Waals surface area contributed by atoms with Crippen molar-refractivity contribution >= 4 is 11.6 Å². The Morgan fingerprint density at radius 3 is 1.48 bits per heavy atom. The largest absolute Gasteiger partial charge is 0.294 e. The Morgan fingerprint density at radius 1 is 0.739 bits per heavy atom. The summed E-state index contributed by atoms with van der Waals surface area (Å²) >= 11 is 0. The fraction of sp³-hybridized carbons (Fsp3) is 0.333. The van der Waals surface area contributed by atoms with E-state index in [4.69, 9.17) is 0 Å². The van der Waals surface area contributed by atoms with E-state index in [0.717, 1.165) is 0 Å². The number of aryl methyl sites for hydroxylation is 1. The van der Waals surface area contributed by atoms with Gasteiger partial charge in [-0.3, -0.25) is 9.59 Å². The van der Waals surface area contributed by atoms with E-state index in [9.17, 15) is 9.59 Å². The number of carbonyl (C=O) groups is 2. The summed E-state index contributed by atoms with van der Waals surface area (Å²) in [5.74, 6) is -0.137. The molecule has 0 heterocycles. The Balaban J connectivity index is 0.000000392. The zero-order chi connectivity index (χ0) is 17.7. The summed E-state index contributed by atoms with van der Waals surface area (Å²) in [6.45, 7) is 9.12. The van der Waals surface area contributed by atoms with Gasteiger partial charge in [0.05, 0.1) is 0 Å². The molecule has 0 spiro atoms. The minimum absolute atomic E-state index is 0.0687. The summed E-state index contributed by atoms with van der Waals surface area (Å²) in [6, 6.07) is 17.4. The van der Waals surface area contributed by atoms with Gasteiger partial charge in [0, 0.05) is 11.1 Å². The van der Waals surface area contributed by atoms with Gasteiger partial charge in [0.25, 0.3) is 0 Å². The van der Waals surface area contributed by atoms with E-state index in [1.165, 1.54) is 32.3 Å². The molecule has 0 amide bonds. The number of hydrogen-bond donors (Lipinski definition) is 0. The van der Waals surface area contributed by atoms with Gasteiger partial charge in [0.15, 0.2) is 11.6 Å². The van der Waals surface area contributed by atoms with E-state index < -0.39 is 0 Å². The minimum Gasteiger partial charge on any atom is -0.294 e. The van der Waals surface area contributed by atoms with Gasteiger partial charge in [-0.15, -0.1) is 0 Å². The van der Waals surface area contributed by atoms with Crippen molar-refractivity contribution in [2.75, 3.05) is 0 Å². The van der Waals surface area contributed by atoms with Gasteiger partial charge in [-0.1, -0.05) is 81.8 Å². The van der Waals surface area contributed by atoms with Crippen molar-refractivity contribution in [3.8, 4) is 0 Å². The van der Waals surface area contributed by atoms with Crippen LogP contribution in [-0.2, 0) is 6.42 Å². The highest BCUT2D eigenvalue weighted by atomic mass is 16.1. The molecule has 0 aliphatic rings. The molecule has 0 aliphatic carbocycles. The quantitative estimate of drug-likeness (QED) is 0.673. The molecule has 0 unspecified atom stereocenters. The normalized spacial score (nSPS) is 8.91. The van der Waals surface area contributed by atoms with Crippen LogP contribution >= 0.6 is 0 Å². The van der Waals surface area contributed by atoms with Gasteiger partial charge in [-0.05, 0) is 25.8 Å². The Labute approximate surface area is 140 Å². The molecule has 0 N–H and O–H groups in total. The Morgan fingerprint density at radius 2 is 1.13 bits per heavy atom. The zero-order valence-electron chi connectivity index (χ0n) is 14.9. The lowest BCUT2D eigenvalue weighted by Gasteiger charge is -2.00. The fourth-order valence-corrected chi connectivity index (χ4v) is 2.03. The lowest BCUT2D eigenvalue weighted by Crippen LogP contribution is -2.02. The van der Waals surface area contributed by atoms with Gasteiger partial charge in [0.2, 0.25) is 0 Å². The lowest BCUT2D eigenvalue weighted by atomic mass is 10.0. The smallest absolute Gasteiger partial charge is 0.160 e. The third-order valence-corrected chi connectivity index (χ3v) is 3.07. The number of benzene rings is 2. The third-order valence-electron chi connectivity index (χ3n) is 3.07. The summed E-state index contributed by atoms with van der Waals surface area (Å²) in [4.78, 5) is 22.0. The monoisotopic (exact) mass is 312 g/mol. The number of rotatable bonds is 4. The molecule has 2 rings (SSSR count). The van der Waals surface area contributed by atoms with Crippen LogP contribution in [0.2, 0.25) is 0 Å². The van der Waals surface area contributed by atoms with Crippen molar-refractivity contribution in [1.29, 1.82) is 0 Å². The number of ketones is 2. The van der Waals surface area contributed by atoms with Crippen molar-refractivity contribution in [2.45, 2.75) is 47.5 Å². The topological polar surface area (TPSA) is 34.1 Å². The summed E-state index contributed by atoms with van der Waals surface area (Å²) in [5, 5.41) is 0. The average Bonchev–Trinajstić information content (AvgIpc) is 2.58. The molecule has 124 valence electrons. The van der Waals surface area contributed by atoms with E-state index in [1.807, 2.05) is 13.8 Å². The highest BCUT2D eigenvalue weighted by Crippen LogP contribution is 2.09. The minimum atomic E-state index is -0.0687. The molecular weight excluding hydrogens is 284 g/mol. The molecule has 0 atom stereocenters. The molecule has 0 aliphatic heterocycles. The molecule has 0 aromatic heterocycles. The van der Waals surface area contributed by atoms with Gasteiger partial charge in [0.1, 0.15) is 0 Å². The maximum absolute atomic E-state index is 11.0. The molecule has 0 bridgehead atoms. The van der Waals surface area contributed by atoms with Crippen molar-refractivity contribution in [2.24, 2.45) is 0 Å². The highest BCUT2D eigenvalue weighted by molar-refractivity contribution is 6.07. The molecule has 23 heavy (non-hydrogen) atoms. The summed E-state index contributed by atoms with van der Waals surface area (Å²) in [5.41, 5.74) is 2.45. The van der Waals surface area contributed by atoms with Crippen LogP contribution in [0, 0.1) is 0 Å². The molecular formula is C21H28O2. The first-order chi connectivity index (χ1) is 11.1. The van der Waals surface area contributed by atoms with Crippen molar-refractivity contribution in [1.82, 2.24) is 0 Å². The fourth-order valence-electron chi connectivity index (χ4n) is 2.03. The van der Waals surface area contributed by atoms with Crippen LogP contribution in [0.15, 0.2) is 54.6 Å². The van der Waals surface area contributed by atoms with Crippen molar-refractivity contribution in [3.63, 3.8) is 0 Å². The van der Waals surface area contributed by atoms with Gasteiger partial charge in [-0.25, -0.2) is 0 Å². The first kappa shape index (κ1) is 20.8. The molecule has 2 aromatic carbocycles. The Bertz CT molecular complexity index is 553. The van der Waals surface area contributed by atoms with Crippen LogP contribution in [0.3, 0.4) is 0 Å². The first-order valence-corrected chi connectivity index (χ1v) is 8.21. The summed E-state index contributed by atoms with van der Waals surface area (Å²) in [6.07, 6.45) is 2.45. The Kier molecular flexibility index (Phi) is 11.1. The molecule has 2 heteroatoms. The lowest BCUT2D eigenvalue weighted by molar-refractivity contribution is 0.0981. The van der Waals surface area contributed by atoms with Crippen LogP contribution < -0.4 is 0 Å². The van der Waals surface area contributed by atoms with Gasteiger partial charge < -0.3 is 0 Å². The van der Waals surface area contributed by atoms with Crippen LogP contribution in [0.4, 0.5) is 0 Å².